The number of aliphatic hydroxyl groups excluding tert-OH is 1. The number of rotatable bonds is 3. The summed E-state index contributed by atoms with van der Waals surface area (Å²) < 4.78 is 0.773. The Labute approximate surface area is 98.0 Å². The third-order valence-electron chi connectivity index (χ3n) is 2.74. The molecule has 1 heterocycles. The molecule has 0 radical (unpaired) electrons. The molecule has 0 atom stereocenters. The zero-order chi connectivity index (χ0) is 10.7. The minimum atomic E-state index is 0.0560. The SMILES string of the molecule is OCc1cc(Br)nc(NC2CCCC2)c1. The molecule has 2 N–H and O–H groups in total. The van der Waals surface area contributed by atoms with Gasteiger partial charge in [-0.2, -0.15) is 0 Å². The third kappa shape index (κ3) is 2.92. The van der Waals surface area contributed by atoms with Crippen molar-refractivity contribution in [3.8, 4) is 0 Å². The first-order valence-corrected chi connectivity index (χ1v) is 6.11. The van der Waals surface area contributed by atoms with Crippen LogP contribution < -0.4 is 5.32 Å². The zero-order valence-electron chi connectivity index (χ0n) is 8.54. The minimum Gasteiger partial charge on any atom is -0.392 e. The lowest BCUT2D eigenvalue weighted by atomic mass is 10.2. The third-order valence-corrected chi connectivity index (χ3v) is 3.15. The summed E-state index contributed by atoms with van der Waals surface area (Å²) in [6, 6.07) is 4.29. The van der Waals surface area contributed by atoms with Gasteiger partial charge in [-0.25, -0.2) is 4.98 Å². The van der Waals surface area contributed by atoms with Crippen molar-refractivity contribution in [1.29, 1.82) is 0 Å². The van der Waals surface area contributed by atoms with Crippen LogP contribution in [0.5, 0.6) is 0 Å². The summed E-state index contributed by atoms with van der Waals surface area (Å²) in [5, 5.41) is 12.5. The number of anilines is 1. The van der Waals surface area contributed by atoms with E-state index in [1.807, 2.05) is 12.1 Å². The van der Waals surface area contributed by atoms with Crippen LogP contribution in [-0.4, -0.2) is 16.1 Å². The molecule has 1 aliphatic rings. The Morgan fingerprint density at radius 1 is 1.40 bits per heavy atom. The Bertz CT molecular complexity index is 337. The predicted octanol–water partition coefficient (Wildman–Crippen LogP) is 2.69. The van der Waals surface area contributed by atoms with Gasteiger partial charge in [0, 0.05) is 6.04 Å². The van der Waals surface area contributed by atoms with E-state index in [0.717, 1.165) is 16.0 Å². The van der Waals surface area contributed by atoms with Crippen LogP contribution >= 0.6 is 15.9 Å². The molecule has 0 bridgehead atoms. The van der Waals surface area contributed by atoms with Crippen LogP contribution in [0, 0.1) is 0 Å². The van der Waals surface area contributed by atoms with Crippen molar-refractivity contribution in [3.05, 3.63) is 22.3 Å². The maximum Gasteiger partial charge on any atom is 0.127 e. The number of hydrogen-bond donors (Lipinski definition) is 2. The summed E-state index contributed by atoms with van der Waals surface area (Å²) in [6.45, 7) is 0.0560. The number of aliphatic hydroxyl groups is 1. The first-order valence-electron chi connectivity index (χ1n) is 5.32. The molecular formula is C11H15BrN2O. The van der Waals surface area contributed by atoms with Gasteiger partial charge in [0.05, 0.1) is 6.61 Å². The van der Waals surface area contributed by atoms with E-state index >= 15 is 0 Å². The highest BCUT2D eigenvalue weighted by Crippen LogP contribution is 2.23. The highest BCUT2D eigenvalue weighted by atomic mass is 79.9. The highest BCUT2D eigenvalue weighted by Gasteiger charge is 2.15. The summed E-state index contributed by atoms with van der Waals surface area (Å²) in [7, 11) is 0. The van der Waals surface area contributed by atoms with Crippen LogP contribution in [0.25, 0.3) is 0 Å². The van der Waals surface area contributed by atoms with Gasteiger partial charge < -0.3 is 10.4 Å². The fraction of sp³-hybridized carbons (Fsp3) is 0.545. The summed E-state index contributed by atoms with van der Waals surface area (Å²) in [5.41, 5.74) is 0.886. The monoisotopic (exact) mass is 270 g/mol. The van der Waals surface area contributed by atoms with Crippen molar-refractivity contribution in [2.24, 2.45) is 0 Å². The quantitative estimate of drug-likeness (QED) is 0.831. The lowest BCUT2D eigenvalue weighted by Crippen LogP contribution is -2.15. The molecule has 15 heavy (non-hydrogen) atoms. The fourth-order valence-electron chi connectivity index (χ4n) is 1.99. The number of nitrogens with one attached hydrogen (secondary N) is 1. The normalized spacial score (nSPS) is 16.9. The molecule has 1 aromatic rings. The second-order valence-electron chi connectivity index (χ2n) is 3.97. The number of hydrogen-bond acceptors (Lipinski definition) is 3. The number of aromatic nitrogens is 1. The average molecular weight is 271 g/mol. The molecule has 3 nitrogen and oxygen atoms in total. The molecule has 0 aromatic carbocycles. The van der Waals surface area contributed by atoms with E-state index in [2.05, 4.69) is 26.2 Å². The Hall–Kier alpha value is -0.610. The first-order chi connectivity index (χ1) is 7.28. The van der Waals surface area contributed by atoms with Crippen LogP contribution in [0.15, 0.2) is 16.7 Å². The van der Waals surface area contributed by atoms with E-state index in [1.54, 1.807) is 0 Å². The molecule has 0 saturated heterocycles. The van der Waals surface area contributed by atoms with Gasteiger partial charge in [0.15, 0.2) is 0 Å². The summed E-state index contributed by atoms with van der Waals surface area (Å²) >= 11 is 3.34. The molecule has 1 aromatic heterocycles. The van der Waals surface area contributed by atoms with E-state index in [1.165, 1.54) is 25.7 Å². The Balaban J connectivity index is 2.09. The average Bonchev–Trinajstić information content (AvgIpc) is 2.69. The van der Waals surface area contributed by atoms with Gasteiger partial charge in [-0.1, -0.05) is 12.8 Å². The summed E-state index contributed by atoms with van der Waals surface area (Å²) in [5.74, 6) is 0.861. The van der Waals surface area contributed by atoms with Crippen molar-refractivity contribution < 1.29 is 5.11 Å². The Kier molecular flexibility index (Phi) is 3.59. The second-order valence-corrected chi connectivity index (χ2v) is 4.78. The van der Waals surface area contributed by atoms with E-state index in [4.69, 9.17) is 5.11 Å². The van der Waals surface area contributed by atoms with Gasteiger partial charge in [-0.15, -0.1) is 0 Å². The number of nitrogens with zero attached hydrogens (tertiary/aromatic N) is 1. The van der Waals surface area contributed by atoms with Gasteiger partial charge in [0.25, 0.3) is 0 Å². The summed E-state index contributed by atoms with van der Waals surface area (Å²) in [4.78, 5) is 4.34. The molecular weight excluding hydrogens is 256 g/mol. The van der Waals surface area contributed by atoms with Gasteiger partial charge in [0.1, 0.15) is 10.4 Å². The molecule has 2 rings (SSSR count). The Morgan fingerprint density at radius 2 is 2.13 bits per heavy atom. The first kappa shape index (κ1) is 10.9. The minimum absolute atomic E-state index is 0.0560. The smallest absolute Gasteiger partial charge is 0.127 e. The molecule has 1 aliphatic carbocycles. The van der Waals surface area contributed by atoms with E-state index in [0.29, 0.717) is 6.04 Å². The lowest BCUT2D eigenvalue weighted by molar-refractivity contribution is 0.281. The van der Waals surface area contributed by atoms with E-state index in [9.17, 15) is 0 Å². The molecule has 1 fully saturated rings. The largest absolute Gasteiger partial charge is 0.392 e. The molecule has 1 saturated carbocycles. The Morgan fingerprint density at radius 3 is 2.80 bits per heavy atom. The van der Waals surface area contributed by atoms with Crippen molar-refractivity contribution in [2.75, 3.05) is 5.32 Å². The topological polar surface area (TPSA) is 45.2 Å². The molecule has 82 valence electrons. The number of pyridine rings is 1. The fourth-order valence-corrected chi connectivity index (χ4v) is 2.48. The van der Waals surface area contributed by atoms with Crippen molar-refractivity contribution in [3.63, 3.8) is 0 Å². The van der Waals surface area contributed by atoms with Gasteiger partial charge >= 0.3 is 0 Å². The molecule has 4 heteroatoms. The van der Waals surface area contributed by atoms with Crippen LogP contribution in [-0.2, 0) is 6.61 Å². The van der Waals surface area contributed by atoms with Crippen molar-refractivity contribution >= 4 is 21.7 Å². The van der Waals surface area contributed by atoms with Crippen LogP contribution in [0.2, 0.25) is 0 Å². The lowest BCUT2D eigenvalue weighted by Gasteiger charge is -2.13. The maximum absolute atomic E-state index is 9.07. The van der Waals surface area contributed by atoms with Crippen LogP contribution in [0.3, 0.4) is 0 Å². The molecule has 0 spiro atoms. The second kappa shape index (κ2) is 4.94. The van der Waals surface area contributed by atoms with Crippen molar-refractivity contribution in [1.82, 2.24) is 4.98 Å². The zero-order valence-corrected chi connectivity index (χ0v) is 10.1. The van der Waals surface area contributed by atoms with Gasteiger partial charge in [0.2, 0.25) is 0 Å². The van der Waals surface area contributed by atoms with E-state index in [-0.39, 0.29) is 6.61 Å². The molecule has 0 unspecified atom stereocenters. The maximum atomic E-state index is 9.07. The highest BCUT2D eigenvalue weighted by molar-refractivity contribution is 9.10. The number of halogens is 1. The van der Waals surface area contributed by atoms with Crippen molar-refractivity contribution in [2.45, 2.75) is 38.3 Å². The summed E-state index contributed by atoms with van der Waals surface area (Å²) in [6.07, 6.45) is 5.06. The standard InChI is InChI=1S/C11H15BrN2O/c12-10-5-8(7-15)6-11(14-10)13-9-3-1-2-4-9/h5-6,9,15H,1-4,7H2,(H,13,14). The van der Waals surface area contributed by atoms with Gasteiger partial charge in [-0.05, 0) is 46.5 Å². The van der Waals surface area contributed by atoms with Gasteiger partial charge in [-0.3, -0.25) is 0 Å². The van der Waals surface area contributed by atoms with Crippen LogP contribution in [0.4, 0.5) is 5.82 Å². The van der Waals surface area contributed by atoms with Crippen LogP contribution in [0.1, 0.15) is 31.2 Å². The molecule has 0 aliphatic heterocycles. The predicted molar refractivity (Wildman–Crippen MR) is 63.7 cm³/mol. The van der Waals surface area contributed by atoms with E-state index < -0.39 is 0 Å². The molecule has 0 amide bonds.